The molecular formula is C24H29NO5. The smallest absolute Gasteiger partial charge is 0.252 e. The number of carbonyl (C=O) groups excluding carboxylic acids is 1. The molecule has 0 unspecified atom stereocenters. The van der Waals surface area contributed by atoms with E-state index in [4.69, 9.17) is 18.9 Å². The third kappa shape index (κ3) is 6.63. The van der Waals surface area contributed by atoms with Crippen LogP contribution in [-0.4, -0.2) is 38.9 Å². The normalized spacial score (nSPS) is 9.87. The Morgan fingerprint density at radius 1 is 0.867 bits per heavy atom. The molecule has 6 nitrogen and oxygen atoms in total. The van der Waals surface area contributed by atoms with Gasteiger partial charge in [0.15, 0.2) is 11.5 Å². The van der Waals surface area contributed by atoms with Crippen molar-refractivity contribution in [2.24, 2.45) is 0 Å². The molecule has 2 rings (SSSR count). The maximum absolute atomic E-state index is 12.6. The maximum atomic E-state index is 12.6. The van der Waals surface area contributed by atoms with Crippen molar-refractivity contribution in [1.82, 2.24) is 5.32 Å². The van der Waals surface area contributed by atoms with Gasteiger partial charge >= 0.3 is 0 Å². The average molecular weight is 411 g/mol. The minimum absolute atomic E-state index is 0.205. The largest absolute Gasteiger partial charge is 0.490 e. The Morgan fingerprint density at radius 3 is 2.10 bits per heavy atom. The van der Waals surface area contributed by atoms with E-state index in [1.165, 1.54) is 0 Å². The molecular weight excluding hydrogens is 382 g/mol. The fourth-order valence-corrected chi connectivity index (χ4v) is 2.69. The van der Waals surface area contributed by atoms with Gasteiger partial charge < -0.3 is 24.3 Å². The van der Waals surface area contributed by atoms with Gasteiger partial charge in [-0.1, -0.05) is 30.0 Å². The molecule has 0 saturated carbocycles. The SMILES string of the molecule is CCOc1cc(C(=O)NCC#CCOc2ccccc2C)cc(OCC)c1OCC. The Hall–Kier alpha value is -3.33. The summed E-state index contributed by atoms with van der Waals surface area (Å²) in [5.41, 5.74) is 1.47. The van der Waals surface area contributed by atoms with Crippen LogP contribution in [0.4, 0.5) is 0 Å². The lowest BCUT2D eigenvalue weighted by atomic mass is 10.1. The molecule has 1 N–H and O–H groups in total. The van der Waals surface area contributed by atoms with E-state index in [0.29, 0.717) is 42.6 Å². The highest BCUT2D eigenvalue weighted by Crippen LogP contribution is 2.39. The van der Waals surface area contributed by atoms with Gasteiger partial charge in [-0.05, 0) is 51.5 Å². The average Bonchev–Trinajstić information content (AvgIpc) is 2.74. The van der Waals surface area contributed by atoms with Gasteiger partial charge in [-0.15, -0.1) is 0 Å². The summed E-state index contributed by atoms with van der Waals surface area (Å²) < 4.78 is 22.6. The van der Waals surface area contributed by atoms with Crippen LogP contribution in [0.15, 0.2) is 36.4 Å². The number of carbonyl (C=O) groups is 1. The predicted octanol–water partition coefficient (Wildman–Crippen LogP) is 4.00. The summed E-state index contributed by atoms with van der Waals surface area (Å²) in [6.07, 6.45) is 0. The van der Waals surface area contributed by atoms with E-state index >= 15 is 0 Å². The zero-order valence-corrected chi connectivity index (χ0v) is 18.0. The second kappa shape index (κ2) is 12.3. The van der Waals surface area contributed by atoms with E-state index < -0.39 is 0 Å². The molecule has 0 aromatic heterocycles. The van der Waals surface area contributed by atoms with Gasteiger partial charge in [0.25, 0.3) is 5.91 Å². The number of hydrogen-bond acceptors (Lipinski definition) is 5. The minimum Gasteiger partial charge on any atom is -0.490 e. The van der Waals surface area contributed by atoms with Crippen LogP contribution < -0.4 is 24.3 Å². The molecule has 2 aromatic carbocycles. The number of aryl methyl sites for hydroxylation is 1. The van der Waals surface area contributed by atoms with Crippen molar-refractivity contribution in [3.8, 4) is 34.8 Å². The lowest BCUT2D eigenvalue weighted by Gasteiger charge is -2.16. The number of para-hydroxylation sites is 1. The molecule has 160 valence electrons. The van der Waals surface area contributed by atoms with Crippen LogP contribution in [0.1, 0.15) is 36.7 Å². The number of hydrogen-bond donors (Lipinski definition) is 1. The third-order valence-electron chi connectivity index (χ3n) is 4.03. The Morgan fingerprint density at radius 2 is 1.50 bits per heavy atom. The summed E-state index contributed by atoms with van der Waals surface area (Å²) in [5.74, 6) is 7.79. The third-order valence-corrected chi connectivity index (χ3v) is 4.03. The Balaban J connectivity index is 2.00. The van der Waals surface area contributed by atoms with E-state index in [9.17, 15) is 4.79 Å². The lowest BCUT2D eigenvalue weighted by Crippen LogP contribution is -2.24. The van der Waals surface area contributed by atoms with Crippen molar-refractivity contribution in [3.63, 3.8) is 0 Å². The highest BCUT2D eigenvalue weighted by Gasteiger charge is 2.18. The van der Waals surface area contributed by atoms with Crippen LogP contribution in [0, 0.1) is 18.8 Å². The molecule has 0 aliphatic heterocycles. The highest BCUT2D eigenvalue weighted by atomic mass is 16.5. The number of ether oxygens (including phenoxy) is 4. The fraction of sp³-hybridized carbons (Fsp3) is 0.375. The molecule has 0 heterocycles. The molecule has 0 aliphatic rings. The number of nitrogens with one attached hydrogen (secondary N) is 1. The molecule has 0 fully saturated rings. The van der Waals surface area contributed by atoms with Gasteiger partial charge in [0, 0.05) is 5.56 Å². The highest BCUT2D eigenvalue weighted by molar-refractivity contribution is 5.95. The summed E-state index contributed by atoms with van der Waals surface area (Å²) in [5, 5.41) is 2.78. The summed E-state index contributed by atoms with van der Waals surface area (Å²) >= 11 is 0. The fourth-order valence-electron chi connectivity index (χ4n) is 2.69. The maximum Gasteiger partial charge on any atom is 0.252 e. The Bertz CT molecular complexity index is 871. The van der Waals surface area contributed by atoms with Crippen LogP contribution in [0.2, 0.25) is 0 Å². The van der Waals surface area contributed by atoms with Crippen molar-refractivity contribution in [3.05, 3.63) is 47.5 Å². The standard InChI is InChI=1S/C24H29NO5/c1-5-27-21-16-19(17-22(28-6-2)23(21)29-7-3)24(26)25-14-10-11-15-30-20-13-9-8-12-18(20)4/h8-9,12-13,16-17H,5-7,14-15H2,1-4H3,(H,25,26). The molecule has 2 aromatic rings. The van der Waals surface area contributed by atoms with Crippen LogP contribution in [-0.2, 0) is 0 Å². The number of rotatable bonds is 10. The summed E-state index contributed by atoms with van der Waals surface area (Å²) in [4.78, 5) is 12.6. The van der Waals surface area contributed by atoms with Crippen molar-refractivity contribution in [2.45, 2.75) is 27.7 Å². The van der Waals surface area contributed by atoms with Crippen molar-refractivity contribution in [1.29, 1.82) is 0 Å². The molecule has 6 heteroatoms. The van der Waals surface area contributed by atoms with Gasteiger partial charge in [0.05, 0.1) is 26.4 Å². The van der Waals surface area contributed by atoms with E-state index in [1.54, 1.807) is 12.1 Å². The predicted molar refractivity (Wildman–Crippen MR) is 117 cm³/mol. The van der Waals surface area contributed by atoms with E-state index in [2.05, 4.69) is 17.2 Å². The molecule has 0 atom stereocenters. The zero-order chi connectivity index (χ0) is 21.8. The van der Waals surface area contributed by atoms with Crippen LogP contribution in [0.5, 0.6) is 23.0 Å². The monoisotopic (exact) mass is 411 g/mol. The van der Waals surface area contributed by atoms with Crippen molar-refractivity contribution < 1.29 is 23.7 Å². The van der Waals surface area contributed by atoms with Gasteiger partial charge in [-0.2, -0.15) is 0 Å². The lowest BCUT2D eigenvalue weighted by molar-refractivity contribution is 0.0957. The first-order valence-electron chi connectivity index (χ1n) is 10.1. The quantitative estimate of drug-likeness (QED) is 0.599. The van der Waals surface area contributed by atoms with Crippen LogP contribution in [0.3, 0.4) is 0 Å². The molecule has 0 aliphatic carbocycles. The van der Waals surface area contributed by atoms with Crippen LogP contribution in [0.25, 0.3) is 0 Å². The molecule has 30 heavy (non-hydrogen) atoms. The Kier molecular flexibility index (Phi) is 9.39. The minimum atomic E-state index is -0.269. The molecule has 1 amide bonds. The number of amides is 1. The van der Waals surface area contributed by atoms with Gasteiger partial charge in [0.2, 0.25) is 5.75 Å². The first-order valence-corrected chi connectivity index (χ1v) is 10.1. The molecule has 0 saturated heterocycles. The second-order valence-electron chi connectivity index (χ2n) is 6.19. The summed E-state index contributed by atoms with van der Waals surface area (Å²) in [7, 11) is 0. The second-order valence-corrected chi connectivity index (χ2v) is 6.19. The van der Waals surface area contributed by atoms with Crippen molar-refractivity contribution >= 4 is 5.91 Å². The summed E-state index contributed by atoms with van der Waals surface area (Å²) in [6.45, 7) is 9.43. The van der Waals surface area contributed by atoms with E-state index in [1.807, 2.05) is 52.0 Å². The van der Waals surface area contributed by atoms with Gasteiger partial charge in [-0.25, -0.2) is 0 Å². The van der Waals surface area contributed by atoms with E-state index in [0.717, 1.165) is 11.3 Å². The van der Waals surface area contributed by atoms with Gasteiger partial charge in [-0.3, -0.25) is 4.79 Å². The number of benzene rings is 2. The first kappa shape index (κ1) is 23.0. The van der Waals surface area contributed by atoms with E-state index in [-0.39, 0.29) is 19.1 Å². The molecule has 0 radical (unpaired) electrons. The summed E-state index contributed by atoms with van der Waals surface area (Å²) in [6, 6.07) is 11.1. The van der Waals surface area contributed by atoms with Gasteiger partial charge in [0.1, 0.15) is 12.4 Å². The zero-order valence-electron chi connectivity index (χ0n) is 18.0. The molecule has 0 spiro atoms. The topological polar surface area (TPSA) is 66.0 Å². The first-order chi connectivity index (χ1) is 14.6. The van der Waals surface area contributed by atoms with Crippen molar-refractivity contribution in [2.75, 3.05) is 33.0 Å². The molecule has 0 bridgehead atoms. The Labute approximate surface area is 178 Å². The van der Waals surface area contributed by atoms with Crippen LogP contribution >= 0.6 is 0 Å².